The molecule has 0 unspecified atom stereocenters. The summed E-state index contributed by atoms with van der Waals surface area (Å²) in [5.74, 6) is -1.42. The number of pyridine rings is 1. The number of carbonyl (C=O) groups excluding carboxylic acids is 1. The minimum Gasteiger partial charge on any atom is -0.355 e. The largest absolute Gasteiger partial charge is 0.419 e. The van der Waals surface area contributed by atoms with Gasteiger partial charge < -0.3 is 15.6 Å². The zero-order chi connectivity index (χ0) is 17.2. The summed E-state index contributed by atoms with van der Waals surface area (Å²) < 4.78 is 52.2. The number of halogens is 4. The van der Waals surface area contributed by atoms with Gasteiger partial charge in [0.2, 0.25) is 5.56 Å². The van der Waals surface area contributed by atoms with Crippen molar-refractivity contribution in [3.63, 3.8) is 0 Å². The van der Waals surface area contributed by atoms with Crippen molar-refractivity contribution in [2.45, 2.75) is 6.18 Å². The number of rotatable bonds is 3. The van der Waals surface area contributed by atoms with Gasteiger partial charge in [-0.15, -0.1) is 0 Å². The van der Waals surface area contributed by atoms with E-state index in [4.69, 9.17) is 0 Å². The van der Waals surface area contributed by atoms with Gasteiger partial charge in [0.15, 0.2) is 0 Å². The van der Waals surface area contributed by atoms with E-state index in [2.05, 4.69) is 10.6 Å². The fourth-order valence-electron chi connectivity index (χ4n) is 1.90. The van der Waals surface area contributed by atoms with E-state index in [0.717, 1.165) is 18.2 Å². The number of benzene rings is 1. The summed E-state index contributed by atoms with van der Waals surface area (Å²) in [6.07, 6.45) is -4.20. The molecule has 0 radical (unpaired) electrons. The van der Waals surface area contributed by atoms with Crippen LogP contribution >= 0.6 is 0 Å². The topological polar surface area (TPSA) is 74.0 Å². The van der Waals surface area contributed by atoms with Crippen LogP contribution in [0.1, 0.15) is 15.9 Å². The Kier molecular flexibility index (Phi) is 4.39. The van der Waals surface area contributed by atoms with Gasteiger partial charge in [-0.25, -0.2) is 4.39 Å². The van der Waals surface area contributed by atoms with Crippen molar-refractivity contribution in [2.75, 3.05) is 12.4 Å². The second-order valence-corrected chi connectivity index (χ2v) is 4.52. The summed E-state index contributed by atoms with van der Waals surface area (Å²) in [4.78, 5) is 24.9. The van der Waals surface area contributed by atoms with Crippen LogP contribution in [-0.2, 0) is 6.18 Å². The molecule has 122 valence electrons. The molecule has 0 bridgehead atoms. The predicted molar refractivity (Wildman–Crippen MR) is 75.1 cm³/mol. The molecule has 2 rings (SSSR count). The summed E-state index contributed by atoms with van der Waals surface area (Å²) in [6, 6.07) is 3.68. The Labute approximate surface area is 127 Å². The van der Waals surface area contributed by atoms with Gasteiger partial charge in [0.05, 0.1) is 22.5 Å². The second-order valence-electron chi connectivity index (χ2n) is 4.52. The number of hydrogen-bond donors (Lipinski definition) is 3. The quantitative estimate of drug-likeness (QED) is 0.758. The highest BCUT2D eigenvalue weighted by Gasteiger charge is 2.34. The summed E-state index contributed by atoms with van der Waals surface area (Å²) >= 11 is 0. The van der Waals surface area contributed by atoms with Crippen LogP contribution in [0.5, 0.6) is 0 Å². The van der Waals surface area contributed by atoms with Gasteiger partial charge >= 0.3 is 6.18 Å². The van der Waals surface area contributed by atoms with E-state index in [0.29, 0.717) is 12.3 Å². The van der Waals surface area contributed by atoms with E-state index in [-0.39, 0.29) is 11.3 Å². The highest BCUT2D eigenvalue weighted by molar-refractivity contribution is 6.00. The van der Waals surface area contributed by atoms with Crippen molar-refractivity contribution >= 4 is 17.3 Å². The Morgan fingerprint density at radius 3 is 2.48 bits per heavy atom. The molecule has 0 atom stereocenters. The standard InChI is InChI=1S/C14H11F4N3O2/c1-19-13(23)8-4-7(15)2-3-10(8)21-11-5-12(22)20-6-9(11)14(16,17)18/h2-6H,1H3,(H,19,23)(H2,20,21,22). The SMILES string of the molecule is CNC(=O)c1cc(F)ccc1Nc1cc(=O)[nH]cc1C(F)(F)F. The van der Waals surface area contributed by atoms with Crippen LogP contribution in [0.3, 0.4) is 0 Å². The van der Waals surface area contributed by atoms with Crippen molar-refractivity contribution in [1.82, 2.24) is 10.3 Å². The van der Waals surface area contributed by atoms with Gasteiger partial charge in [-0.3, -0.25) is 9.59 Å². The molecular formula is C14H11F4N3O2. The van der Waals surface area contributed by atoms with Crippen molar-refractivity contribution in [1.29, 1.82) is 0 Å². The van der Waals surface area contributed by atoms with Gasteiger partial charge in [-0.2, -0.15) is 13.2 Å². The van der Waals surface area contributed by atoms with E-state index in [1.54, 1.807) is 0 Å². The molecule has 0 aliphatic heterocycles. The molecule has 0 saturated heterocycles. The first kappa shape index (κ1) is 16.5. The number of alkyl halides is 3. The number of carbonyl (C=O) groups is 1. The van der Waals surface area contributed by atoms with Crippen molar-refractivity contribution in [3.05, 3.63) is 57.8 Å². The number of H-pyrrole nitrogens is 1. The first-order valence-electron chi connectivity index (χ1n) is 6.31. The monoisotopic (exact) mass is 329 g/mol. The smallest absolute Gasteiger partial charge is 0.355 e. The zero-order valence-electron chi connectivity index (χ0n) is 11.7. The molecule has 23 heavy (non-hydrogen) atoms. The number of aromatic amines is 1. The number of aromatic nitrogens is 1. The van der Waals surface area contributed by atoms with Crippen LogP contribution in [-0.4, -0.2) is 17.9 Å². The van der Waals surface area contributed by atoms with Crippen LogP contribution in [0.25, 0.3) is 0 Å². The molecule has 1 aromatic carbocycles. The summed E-state index contributed by atoms with van der Waals surface area (Å²) in [6.45, 7) is 0. The molecule has 0 aliphatic carbocycles. The van der Waals surface area contributed by atoms with E-state index >= 15 is 0 Å². The average molecular weight is 329 g/mol. The minimum atomic E-state index is -4.72. The maximum Gasteiger partial charge on any atom is 0.419 e. The molecule has 1 amide bonds. The third-order valence-electron chi connectivity index (χ3n) is 2.95. The molecule has 5 nitrogen and oxygen atoms in total. The number of nitrogens with one attached hydrogen (secondary N) is 3. The van der Waals surface area contributed by atoms with E-state index in [1.165, 1.54) is 7.05 Å². The Bertz CT molecular complexity index is 799. The molecule has 0 spiro atoms. The zero-order valence-corrected chi connectivity index (χ0v) is 11.7. The lowest BCUT2D eigenvalue weighted by molar-refractivity contribution is -0.137. The highest BCUT2D eigenvalue weighted by atomic mass is 19.4. The summed E-state index contributed by atoms with van der Waals surface area (Å²) in [5.41, 5.74) is -2.69. The highest BCUT2D eigenvalue weighted by Crippen LogP contribution is 2.35. The third-order valence-corrected chi connectivity index (χ3v) is 2.95. The molecule has 0 aliphatic rings. The lowest BCUT2D eigenvalue weighted by Crippen LogP contribution is -2.20. The molecule has 0 fully saturated rings. The Morgan fingerprint density at radius 2 is 1.87 bits per heavy atom. The second kappa shape index (κ2) is 6.11. The Hall–Kier alpha value is -2.84. The number of amides is 1. The summed E-state index contributed by atoms with van der Waals surface area (Å²) in [5, 5.41) is 4.62. The number of hydrogen-bond acceptors (Lipinski definition) is 3. The fourth-order valence-corrected chi connectivity index (χ4v) is 1.90. The molecule has 3 N–H and O–H groups in total. The van der Waals surface area contributed by atoms with Crippen LogP contribution in [0.15, 0.2) is 35.3 Å². The van der Waals surface area contributed by atoms with E-state index < -0.39 is 34.7 Å². The molecule has 1 aromatic heterocycles. The maximum atomic E-state index is 13.3. The summed E-state index contributed by atoms with van der Waals surface area (Å²) in [7, 11) is 1.30. The minimum absolute atomic E-state index is 0.0677. The first-order chi connectivity index (χ1) is 10.7. The Morgan fingerprint density at radius 1 is 1.17 bits per heavy atom. The molecule has 0 saturated carbocycles. The van der Waals surface area contributed by atoms with Gasteiger partial charge in [0, 0.05) is 19.3 Å². The van der Waals surface area contributed by atoms with E-state index in [1.807, 2.05) is 4.98 Å². The van der Waals surface area contributed by atoms with Gasteiger partial charge in [-0.05, 0) is 18.2 Å². The fraction of sp³-hybridized carbons (Fsp3) is 0.143. The maximum absolute atomic E-state index is 13.3. The van der Waals surface area contributed by atoms with Gasteiger partial charge in [-0.1, -0.05) is 0 Å². The molecule has 2 aromatic rings. The van der Waals surface area contributed by atoms with E-state index in [9.17, 15) is 27.2 Å². The third kappa shape index (κ3) is 3.68. The van der Waals surface area contributed by atoms with Gasteiger partial charge in [0.25, 0.3) is 5.91 Å². The molecule has 9 heteroatoms. The Balaban J connectivity index is 2.54. The van der Waals surface area contributed by atoms with Crippen molar-refractivity contribution in [2.24, 2.45) is 0 Å². The lowest BCUT2D eigenvalue weighted by Gasteiger charge is -2.16. The van der Waals surface area contributed by atoms with Gasteiger partial charge in [0.1, 0.15) is 5.82 Å². The number of anilines is 2. The van der Waals surface area contributed by atoms with Crippen LogP contribution < -0.4 is 16.2 Å². The molecule has 1 heterocycles. The lowest BCUT2D eigenvalue weighted by atomic mass is 10.1. The van der Waals surface area contributed by atoms with Crippen molar-refractivity contribution < 1.29 is 22.4 Å². The normalized spacial score (nSPS) is 11.2. The van der Waals surface area contributed by atoms with Crippen molar-refractivity contribution in [3.8, 4) is 0 Å². The average Bonchev–Trinajstić information content (AvgIpc) is 2.47. The van der Waals surface area contributed by atoms with Crippen LogP contribution in [0.4, 0.5) is 28.9 Å². The molecular weight excluding hydrogens is 318 g/mol. The van der Waals surface area contributed by atoms with Crippen LogP contribution in [0.2, 0.25) is 0 Å². The van der Waals surface area contributed by atoms with Crippen LogP contribution in [0, 0.1) is 5.82 Å². The predicted octanol–water partition coefficient (Wildman–Crippen LogP) is 2.64. The first-order valence-corrected chi connectivity index (χ1v) is 6.31.